The van der Waals surface area contributed by atoms with Gasteiger partial charge in [-0.05, 0) is 36.9 Å². The number of fused-ring (bicyclic) bond motifs is 2. The molecule has 0 aliphatic carbocycles. The number of nitrogens with zero attached hydrogens (tertiary/aromatic N) is 5. The number of rotatable bonds is 4. The first-order valence-electron chi connectivity index (χ1n) is 13.9. The molecule has 2 saturated heterocycles. The number of likely N-dealkylation sites (tertiary alicyclic amines) is 1. The van der Waals surface area contributed by atoms with Gasteiger partial charge in [-0.25, -0.2) is 4.98 Å². The van der Waals surface area contributed by atoms with Crippen molar-refractivity contribution >= 4 is 17.4 Å². The maximum absolute atomic E-state index is 13.9. The molecule has 0 unspecified atom stereocenters. The maximum atomic E-state index is 13.9. The number of hydrogen-bond acceptors (Lipinski definition) is 5. The number of anilines is 1. The van der Waals surface area contributed by atoms with Gasteiger partial charge >= 0.3 is 0 Å². The molecule has 38 heavy (non-hydrogen) atoms. The van der Waals surface area contributed by atoms with Gasteiger partial charge in [-0.2, -0.15) is 9.61 Å². The molecule has 2 aromatic carbocycles. The number of nitrogens with one attached hydrogen (secondary N) is 1. The number of piperidine rings is 1. The van der Waals surface area contributed by atoms with E-state index in [1.54, 1.807) is 0 Å². The molecule has 7 heteroatoms. The zero-order valence-corrected chi connectivity index (χ0v) is 21.7. The summed E-state index contributed by atoms with van der Waals surface area (Å²) in [4.78, 5) is 23.3. The lowest BCUT2D eigenvalue weighted by Crippen LogP contribution is -2.58. The zero-order chi connectivity index (χ0) is 25.5. The lowest BCUT2D eigenvalue weighted by atomic mass is 9.69. The number of hydrogen-bond donors (Lipinski definition) is 1. The predicted molar refractivity (Wildman–Crippen MR) is 148 cm³/mol. The van der Waals surface area contributed by atoms with Gasteiger partial charge in [0.25, 0.3) is 0 Å². The Morgan fingerprint density at radius 2 is 1.63 bits per heavy atom. The van der Waals surface area contributed by atoms with Gasteiger partial charge < -0.3 is 15.1 Å². The quantitative estimate of drug-likeness (QED) is 0.459. The molecule has 2 fully saturated rings. The Kier molecular flexibility index (Phi) is 5.88. The normalized spacial score (nSPS) is 19.6. The molecule has 7 nitrogen and oxygen atoms in total. The minimum absolute atomic E-state index is 0.00989. The van der Waals surface area contributed by atoms with Crippen LogP contribution in [0.5, 0.6) is 0 Å². The van der Waals surface area contributed by atoms with Crippen molar-refractivity contribution in [1.82, 2.24) is 24.8 Å². The Balaban J connectivity index is 1.14. The molecule has 2 aromatic heterocycles. The zero-order valence-electron chi connectivity index (χ0n) is 21.7. The van der Waals surface area contributed by atoms with Gasteiger partial charge in [-0.15, -0.1) is 0 Å². The van der Waals surface area contributed by atoms with Crippen LogP contribution in [0.3, 0.4) is 0 Å². The van der Waals surface area contributed by atoms with Crippen LogP contribution in [0.4, 0.5) is 5.82 Å². The second kappa shape index (κ2) is 9.55. The summed E-state index contributed by atoms with van der Waals surface area (Å²) in [5.74, 6) is 1.43. The van der Waals surface area contributed by atoms with E-state index in [0.29, 0.717) is 0 Å². The third-order valence-corrected chi connectivity index (χ3v) is 8.77. The summed E-state index contributed by atoms with van der Waals surface area (Å²) in [5, 5.41) is 8.10. The molecule has 3 aliphatic rings. The summed E-state index contributed by atoms with van der Waals surface area (Å²) >= 11 is 0. The molecule has 194 valence electrons. The van der Waals surface area contributed by atoms with Crippen molar-refractivity contribution in [2.75, 3.05) is 44.2 Å². The van der Waals surface area contributed by atoms with E-state index < -0.39 is 0 Å². The molecule has 0 bridgehead atoms. The molecule has 1 amide bonds. The molecule has 0 atom stereocenters. The highest BCUT2D eigenvalue weighted by atomic mass is 16.2. The van der Waals surface area contributed by atoms with Gasteiger partial charge in [0, 0.05) is 56.2 Å². The first kappa shape index (κ1) is 23.4. The average Bonchev–Trinajstić information content (AvgIpc) is 3.29. The van der Waals surface area contributed by atoms with Crippen LogP contribution in [0.15, 0.2) is 72.9 Å². The van der Waals surface area contributed by atoms with Gasteiger partial charge in [-0.3, -0.25) is 4.79 Å². The van der Waals surface area contributed by atoms with Crippen molar-refractivity contribution in [3.05, 3.63) is 95.3 Å². The van der Waals surface area contributed by atoms with Crippen LogP contribution >= 0.6 is 0 Å². The number of carbonyl (C=O) groups is 1. The number of amides is 1. The van der Waals surface area contributed by atoms with E-state index in [9.17, 15) is 4.79 Å². The van der Waals surface area contributed by atoms with Crippen molar-refractivity contribution in [2.45, 2.75) is 31.1 Å². The van der Waals surface area contributed by atoms with Gasteiger partial charge in [-0.1, -0.05) is 60.7 Å². The first-order valence-corrected chi connectivity index (χ1v) is 13.9. The monoisotopic (exact) mass is 506 g/mol. The van der Waals surface area contributed by atoms with Gasteiger partial charge in [0.1, 0.15) is 5.82 Å². The summed E-state index contributed by atoms with van der Waals surface area (Å²) in [7, 11) is 0. The van der Waals surface area contributed by atoms with E-state index in [1.807, 2.05) is 16.8 Å². The Labute approximate surface area is 223 Å². The molecular formula is C31H34N6O. The van der Waals surface area contributed by atoms with Crippen molar-refractivity contribution < 1.29 is 4.79 Å². The van der Waals surface area contributed by atoms with E-state index >= 15 is 0 Å². The highest BCUT2D eigenvalue weighted by Crippen LogP contribution is 2.41. The lowest BCUT2D eigenvalue weighted by Gasteiger charge is -2.47. The van der Waals surface area contributed by atoms with Crippen LogP contribution in [0, 0.1) is 5.92 Å². The summed E-state index contributed by atoms with van der Waals surface area (Å²) < 4.78 is 1.97. The third kappa shape index (κ3) is 3.88. The minimum atomic E-state index is -0.170. The highest BCUT2D eigenvalue weighted by Gasteiger charge is 2.44. The average molecular weight is 507 g/mol. The summed E-state index contributed by atoms with van der Waals surface area (Å²) in [5.41, 5.74) is 5.76. The number of carbonyl (C=O) groups excluding carboxylic acids is 1. The Hall–Kier alpha value is -3.71. The lowest BCUT2D eigenvalue weighted by molar-refractivity contribution is -0.138. The van der Waals surface area contributed by atoms with Crippen LogP contribution < -0.4 is 10.2 Å². The van der Waals surface area contributed by atoms with Gasteiger partial charge in [0.05, 0.1) is 17.8 Å². The van der Waals surface area contributed by atoms with E-state index in [4.69, 9.17) is 4.98 Å². The molecule has 4 aromatic rings. The van der Waals surface area contributed by atoms with Crippen molar-refractivity contribution in [3.63, 3.8) is 0 Å². The molecule has 1 N–H and O–H groups in total. The van der Waals surface area contributed by atoms with Crippen LogP contribution in [0.25, 0.3) is 5.65 Å². The van der Waals surface area contributed by atoms with Crippen LogP contribution in [0.1, 0.15) is 35.2 Å². The minimum Gasteiger partial charge on any atom is -0.354 e. The molecular weight excluding hydrogens is 472 g/mol. The van der Waals surface area contributed by atoms with E-state index in [-0.39, 0.29) is 17.2 Å². The molecule has 5 heterocycles. The molecule has 0 saturated carbocycles. The SMILES string of the molecule is O=C(C1CN(c2c3c(nc4ccnn24)CCNCC3)C1)N1CCCC(c2ccccc2)(c2ccccc2)C1. The van der Waals surface area contributed by atoms with Crippen LogP contribution in [-0.2, 0) is 23.1 Å². The molecule has 3 aliphatic heterocycles. The maximum Gasteiger partial charge on any atom is 0.229 e. The topological polar surface area (TPSA) is 65.8 Å². The van der Waals surface area contributed by atoms with Crippen LogP contribution in [0.2, 0.25) is 0 Å². The molecule has 0 spiro atoms. The Morgan fingerprint density at radius 1 is 0.921 bits per heavy atom. The van der Waals surface area contributed by atoms with Crippen molar-refractivity contribution in [1.29, 1.82) is 0 Å². The number of aromatic nitrogens is 3. The highest BCUT2D eigenvalue weighted by molar-refractivity contribution is 5.82. The fourth-order valence-electron chi connectivity index (χ4n) is 6.80. The van der Waals surface area contributed by atoms with E-state index in [1.165, 1.54) is 22.4 Å². The summed E-state index contributed by atoms with van der Waals surface area (Å²) in [6.07, 6.45) is 5.74. The predicted octanol–water partition coefficient (Wildman–Crippen LogP) is 3.46. The van der Waals surface area contributed by atoms with E-state index in [0.717, 1.165) is 76.4 Å². The fourth-order valence-corrected chi connectivity index (χ4v) is 6.80. The van der Waals surface area contributed by atoms with E-state index in [2.05, 4.69) is 80.9 Å². The molecule has 7 rings (SSSR count). The fraction of sp³-hybridized carbons (Fsp3) is 0.387. The Morgan fingerprint density at radius 3 is 2.37 bits per heavy atom. The number of benzene rings is 2. The second-order valence-corrected chi connectivity index (χ2v) is 11.0. The smallest absolute Gasteiger partial charge is 0.229 e. The first-order chi connectivity index (χ1) is 18.7. The second-order valence-electron chi connectivity index (χ2n) is 11.0. The summed E-state index contributed by atoms with van der Waals surface area (Å²) in [6, 6.07) is 23.5. The largest absolute Gasteiger partial charge is 0.354 e. The van der Waals surface area contributed by atoms with Crippen molar-refractivity contribution in [3.8, 4) is 0 Å². The third-order valence-electron chi connectivity index (χ3n) is 8.77. The van der Waals surface area contributed by atoms with Gasteiger partial charge in [0.2, 0.25) is 5.91 Å². The van der Waals surface area contributed by atoms with Crippen molar-refractivity contribution in [2.24, 2.45) is 5.92 Å². The standard InChI is InChI=1S/C31H34N6O/c38-30(35-19-7-15-31(22-35,24-8-3-1-4-9-24)25-10-5-2-6-11-25)23-20-36(21-23)29-26-12-16-32-17-13-27(26)34-28-14-18-33-37(28)29/h1-6,8-11,14,18,23,32H,7,12-13,15-17,19-22H2. The summed E-state index contributed by atoms with van der Waals surface area (Å²) in [6.45, 7) is 4.92. The van der Waals surface area contributed by atoms with Crippen LogP contribution in [-0.4, -0.2) is 64.7 Å². The Bertz CT molecular complexity index is 1400. The molecule has 0 radical (unpaired) electrons. The van der Waals surface area contributed by atoms with Gasteiger partial charge in [0.15, 0.2) is 5.65 Å².